The number of rotatable bonds is 2. The molecule has 9 heteroatoms. The predicted octanol–water partition coefficient (Wildman–Crippen LogP) is 1.87. The van der Waals surface area contributed by atoms with E-state index in [2.05, 4.69) is 24.8 Å². The number of aromatic nitrogens is 5. The molecule has 0 atom stereocenters. The summed E-state index contributed by atoms with van der Waals surface area (Å²) in [4.78, 5) is 31.6. The summed E-state index contributed by atoms with van der Waals surface area (Å²) < 4.78 is 14.6. The van der Waals surface area contributed by atoms with Crippen LogP contribution in [-0.4, -0.2) is 43.8 Å². The van der Waals surface area contributed by atoms with Gasteiger partial charge in [-0.25, -0.2) is 24.3 Å². The monoisotopic (exact) mass is 381 g/mol. The number of anilines is 2. The highest BCUT2D eigenvalue weighted by Gasteiger charge is 2.46. The van der Waals surface area contributed by atoms with Crippen LogP contribution in [0.15, 0.2) is 35.8 Å². The normalized spacial score (nSPS) is 19.1. The first-order valence-corrected chi connectivity index (χ1v) is 9.38. The van der Waals surface area contributed by atoms with E-state index in [1.165, 1.54) is 17.2 Å². The molecule has 144 valence electrons. The Morgan fingerprint density at radius 3 is 2.57 bits per heavy atom. The van der Waals surface area contributed by atoms with Gasteiger partial charge in [-0.15, -0.1) is 0 Å². The number of piperidine rings is 1. The molecule has 5 rings (SSSR count). The van der Waals surface area contributed by atoms with Crippen LogP contribution in [0.1, 0.15) is 25.7 Å². The van der Waals surface area contributed by atoms with Crippen LogP contribution in [0.25, 0.3) is 16.7 Å². The van der Waals surface area contributed by atoms with Gasteiger partial charge in [0.1, 0.15) is 35.8 Å². The van der Waals surface area contributed by atoms with Crippen molar-refractivity contribution in [3.05, 3.63) is 41.3 Å². The van der Waals surface area contributed by atoms with E-state index in [1.807, 2.05) is 12.1 Å². The number of alkyl halides is 1. The molecule has 1 spiro atoms. The third-order valence-corrected chi connectivity index (χ3v) is 6.05. The van der Waals surface area contributed by atoms with Gasteiger partial charge >= 0.3 is 0 Å². The Hall–Kier alpha value is -3.10. The Kier molecular flexibility index (Phi) is 3.78. The second-order valence-corrected chi connectivity index (χ2v) is 7.74. The lowest BCUT2D eigenvalue weighted by molar-refractivity contribution is 0.00443. The van der Waals surface area contributed by atoms with Gasteiger partial charge in [-0.1, -0.05) is 0 Å². The van der Waals surface area contributed by atoms with Crippen molar-refractivity contribution in [2.75, 3.05) is 23.7 Å². The summed E-state index contributed by atoms with van der Waals surface area (Å²) in [5, 5.41) is 0.196. The average molecular weight is 381 g/mol. The minimum absolute atomic E-state index is 0.107. The van der Waals surface area contributed by atoms with Crippen molar-refractivity contribution in [3.8, 4) is 5.69 Å². The number of nitrogens with two attached hydrogens (primary N) is 1. The Morgan fingerprint density at radius 2 is 1.89 bits per heavy atom. The molecule has 3 aromatic heterocycles. The standard InChI is InChI=1S/C19H20FN7O/c20-12-7-19(8-12)3-5-26(6-4-19)14-2-1-13(9-22-14)27-11-25-17-15(18(27)28)16(21)23-10-24-17/h1-2,9-12H,3-8H2,(H2,21,23,24). The van der Waals surface area contributed by atoms with E-state index < -0.39 is 6.17 Å². The molecule has 28 heavy (non-hydrogen) atoms. The summed E-state index contributed by atoms with van der Waals surface area (Å²) >= 11 is 0. The largest absolute Gasteiger partial charge is 0.383 e. The van der Waals surface area contributed by atoms with E-state index in [1.54, 1.807) is 6.20 Å². The number of nitrogens with zero attached hydrogens (tertiary/aromatic N) is 6. The average Bonchev–Trinajstić information content (AvgIpc) is 2.68. The molecular weight excluding hydrogens is 361 g/mol. The first-order valence-electron chi connectivity index (χ1n) is 9.38. The molecule has 0 radical (unpaired) electrons. The molecule has 1 saturated heterocycles. The maximum atomic E-state index is 13.3. The molecule has 4 heterocycles. The zero-order chi connectivity index (χ0) is 19.3. The Labute approximate surface area is 160 Å². The number of halogens is 1. The highest BCUT2D eigenvalue weighted by molar-refractivity contribution is 5.83. The molecule has 2 fully saturated rings. The molecule has 8 nitrogen and oxygen atoms in total. The fourth-order valence-corrected chi connectivity index (χ4v) is 4.37. The van der Waals surface area contributed by atoms with Crippen molar-refractivity contribution in [3.63, 3.8) is 0 Å². The van der Waals surface area contributed by atoms with E-state index in [4.69, 9.17) is 5.73 Å². The highest BCUT2D eigenvalue weighted by Crippen LogP contribution is 2.50. The fourth-order valence-electron chi connectivity index (χ4n) is 4.37. The summed E-state index contributed by atoms with van der Waals surface area (Å²) in [6.07, 6.45) is 7.16. The van der Waals surface area contributed by atoms with Crippen molar-refractivity contribution in [2.45, 2.75) is 31.9 Å². The number of hydrogen-bond acceptors (Lipinski definition) is 7. The number of hydrogen-bond donors (Lipinski definition) is 1. The zero-order valence-corrected chi connectivity index (χ0v) is 15.3. The first kappa shape index (κ1) is 17.0. The van der Waals surface area contributed by atoms with Gasteiger partial charge in [0, 0.05) is 13.1 Å². The van der Waals surface area contributed by atoms with Crippen LogP contribution in [0.3, 0.4) is 0 Å². The predicted molar refractivity (Wildman–Crippen MR) is 103 cm³/mol. The first-order chi connectivity index (χ1) is 13.5. The number of nitrogen functional groups attached to an aromatic ring is 1. The Bertz CT molecular complexity index is 1080. The molecule has 1 aliphatic carbocycles. The third kappa shape index (κ3) is 2.69. The lowest BCUT2D eigenvalue weighted by Gasteiger charge is -2.49. The van der Waals surface area contributed by atoms with Crippen molar-refractivity contribution >= 4 is 22.7 Å². The molecule has 2 N–H and O–H groups in total. The molecule has 0 bridgehead atoms. The van der Waals surface area contributed by atoms with Gasteiger partial charge in [0.05, 0.1) is 11.9 Å². The van der Waals surface area contributed by atoms with Gasteiger partial charge in [0.25, 0.3) is 5.56 Å². The molecule has 0 amide bonds. The van der Waals surface area contributed by atoms with Gasteiger partial charge in [0.2, 0.25) is 0 Å². The van der Waals surface area contributed by atoms with Crippen LogP contribution < -0.4 is 16.2 Å². The molecule has 1 aliphatic heterocycles. The maximum absolute atomic E-state index is 13.3. The van der Waals surface area contributed by atoms with Crippen LogP contribution in [0.5, 0.6) is 0 Å². The van der Waals surface area contributed by atoms with Crippen LogP contribution >= 0.6 is 0 Å². The van der Waals surface area contributed by atoms with E-state index in [0.717, 1.165) is 31.7 Å². The van der Waals surface area contributed by atoms with Crippen LogP contribution in [0, 0.1) is 5.41 Å². The van der Waals surface area contributed by atoms with E-state index in [9.17, 15) is 9.18 Å². The van der Waals surface area contributed by atoms with Crippen molar-refractivity contribution in [2.24, 2.45) is 5.41 Å². The molecule has 2 aliphatic rings. The summed E-state index contributed by atoms with van der Waals surface area (Å²) in [7, 11) is 0. The minimum atomic E-state index is -0.614. The van der Waals surface area contributed by atoms with E-state index >= 15 is 0 Å². The SMILES string of the molecule is Nc1ncnc2ncn(-c3ccc(N4CCC5(CC4)CC(F)C5)nc3)c(=O)c12. The second kappa shape index (κ2) is 6.22. The molecule has 0 aromatic carbocycles. The van der Waals surface area contributed by atoms with Gasteiger partial charge in [-0.2, -0.15) is 0 Å². The summed E-state index contributed by atoms with van der Waals surface area (Å²) in [5.41, 5.74) is 6.57. The van der Waals surface area contributed by atoms with Gasteiger partial charge in [-0.05, 0) is 43.2 Å². The van der Waals surface area contributed by atoms with Gasteiger partial charge in [0.15, 0.2) is 5.65 Å². The fraction of sp³-hybridized carbons (Fsp3) is 0.421. The smallest absolute Gasteiger partial charge is 0.271 e. The quantitative estimate of drug-likeness (QED) is 0.723. The number of fused-ring (bicyclic) bond motifs is 1. The van der Waals surface area contributed by atoms with Crippen molar-refractivity contribution in [1.29, 1.82) is 0 Å². The lowest BCUT2D eigenvalue weighted by Crippen LogP contribution is -2.48. The van der Waals surface area contributed by atoms with E-state index in [0.29, 0.717) is 18.5 Å². The molecule has 3 aromatic rings. The number of pyridine rings is 1. The molecular formula is C19H20FN7O. The third-order valence-electron chi connectivity index (χ3n) is 6.05. The van der Waals surface area contributed by atoms with E-state index in [-0.39, 0.29) is 27.8 Å². The van der Waals surface area contributed by atoms with Crippen molar-refractivity contribution in [1.82, 2.24) is 24.5 Å². The maximum Gasteiger partial charge on any atom is 0.271 e. The topological polar surface area (TPSA) is 103 Å². The summed E-state index contributed by atoms with van der Waals surface area (Å²) in [6.45, 7) is 1.76. The second-order valence-electron chi connectivity index (χ2n) is 7.74. The molecule has 1 saturated carbocycles. The summed E-state index contributed by atoms with van der Waals surface area (Å²) in [6, 6.07) is 3.73. The minimum Gasteiger partial charge on any atom is -0.383 e. The van der Waals surface area contributed by atoms with Gasteiger partial charge < -0.3 is 10.6 Å². The Balaban J connectivity index is 1.39. The van der Waals surface area contributed by atoms with Gasteiger partial charge in [-0.3, -0.25) is 9.36 Å². The Morgan fingerprint density at radius 1 is 1.11 bits per heavy atom. The van der Waals surface area contributed by atoms with Crippen LogP contribution in [0.4, 0.5) is 16.0 Å². The molecule has 0 unspecified atom stereocenters. The lowest BCUT2D eigenvalue weighted by atomic mass is 9.62. The van der Waals surface area contributed by atoms with Crippen molar-refractivity contribution < 1.29 is 4.39 Å². The zero-order valence-electron chi connectivity index (χ0n) is 15.3. The van der Waals surface area contributed by atoms with Crippen LogP contribution in [-0.2, 0) is 0 Å². The van der Waals surface area contributed by atoms with Crippen LogP contribution in [0.2, 0.25) is 0 Å². The summed E-state index contributed by atoms with van der Waals surface area (Å²) in [5.74, 6) is 0.967. The highest BCUT2D eigenvalue weighted by atomic mass is 19.1.